The minimum absolute atomic E-state index is 0.0826. The Kier molecular flexibility index (Phi) is 6.64. The maximum Gasteiger partial charge on any atom is 0.246 e. The molecule has 0 saturated carbocycles. The summed E-state index contributed by atoms with van der Waals surface area (Å²) < 4.78 is 33.0. The monoisotopic (exact) mass is 472 g/mol. The van der Waals surface area contributed by atoms with Crippen LogP contribution in [0, 0.1) is 0 Å². The molecular weight excluding hydrogens is 448 g/mol. The number of ether oxygens (including phenoxy) is 1. The SMILES string of the molecule is CCc1ccc(-c2ccc(N3CCN(S(=O)(=O)c4cc(Cl)ccc4OC)CC3)nn2)cc1. The Labute approximate surface area is 193 Å². The fourth-order valence-electron chi connectivity index (χ4n) is 3.71. The van der Waals surface area contributed by atoms with Crippen LogP contribution in [0.3, 0.4) is 0 Å². The first-order valence-electron chi connectivity index (χ1n) is 10.4. The average molecular weight is 473 g/mol. The molecule has 1 aromatic heterocycles. The summed E-state index contributed by atoms with van der Waals surface area (Å²) in [5, 5.41) is 9.10. The second-order valence-electron chi connectivity index (χ2n) is 7.51. The number of benzene rings is 2. The topological polar surface area (TPSA) is 75.6 Å². The van der Waals surface area contributed by atoms with Gasteiger partial charge < -0.3 is 9.64 Å². The quantitative estimate of drug-likeness (QED) is 0.542. The molecule has 0 unspecified atom stereocenters. The number of hydrogen-bond donors (Lipinski definition) is 0. The second-order valence-corrected chi connectivity index (χ2v) is 9.86. The number of nitrogens with zero attached hydrogens (tertiary/aromatic N) is 4. The van der Waals surface area contributed by atoms with Crippen molar-refractivity contribution in [1.82, 2.24) is 14.5 Å². The highest BCUT2D eigenvalue weighted by molar-refractivity contribution is 7.89. The summed E-state index contributed by atoms with van der Waals surface area (Å²) in [6, 6.07) is 16.8. The van der Waals surface area contributed by atoms with E-state index in [0.29, 0.717) is 31.2 Å². The fourth-order valence-corrected chi connectivity index (χ4v) is 5.55. The van der Waals surface area contributed by atoms with Crippen LogP contribution < -0.4 is 9.64 Å². The van der Waals surface area contributed by atoms with Crippen molar-refractivity contribution in [2.24, 2.45) is 0 Å². The number of anilines is 1. The van der Waals surface area contributed by atoms with E-state index in [4.69, 9.17) is 16.3 Å². The Morgan fingerprint density at radius 2 is 1.69 bits per heavy atom. The molecule has 7 nitrogen and oxygen atoms in total. The van der Waals surface area contributed by atoms with E-state index in [9.17, 15) is 8.42 Å². The summed E-state index contributed by atoms with van der Waals surface area (Å²) in [5.41, 5.74) is 3.11. The van der Waals surface area contributed by atoms with E-state index < -0.39 is 10.0 Å². The first kappa shape index (κ1) is 22.5. The normalized spacial score (nSPS) is 15.0. The Bertz CT molecular complexity index is 1180. The van der Waals surface area contributed by atoms with Gasteiger partial charge >= 0.3 is 0 Å². The first-order valence-corrected chi connectivity index (χ1v) is 12.3. The number of sulfonamides is 1. The van der Waals surface area contributed by atoms with Gasteiger partial charge in [0.15, 0.2) is 5.82 Å². The molecule has 0 amide bonds. The number of rotatable bonds is 6. The molecule has 168 valence electrons. The highest BCUT2D eigenvalue weighted by Crippen LogP contribution is 2.30. The van der Waals surface area contributed by atoms with Crippen LogP contribution in [0.5, 0.6) is 5.75 Å². The van der Waals surface area contributed by atoms with Crippen LogP contribution in [0.4, 0.5) is 5.82 Å². The smallest absolute Gasteiger partial charge is 0.246 e. The van der Waals surface area contributed by atoms with E-state index in [-0.39, 0.29) is 10.6 Å². The molecule has 0 bridgehead atoms. The van der Waals surface area contributed by atoms with Crippen molar-refractivity contribution >= 4 is 27.4 Å². The summed E-state index contributed by atoms with van der Waals surface area (Å²) in [6.45, 7) is 3.82. The van der Waals surface area contributed by atoms with Crippen LogP contribution in [0.1, 0.15) is 12.5 Å². The zero-order valence-electron chi connectivity index (χ0n) is 18.0. The largest absolute Gasteiger partial charge is 0.495 e. The molecule has 1 fully saturated rings. The zero-order valence-corrected chi connectivity index (χ0v) is 19.6. The fraction of sp³-hybridized carbons (Fsp3) is 0.304. The van der Waals surface area contributed by atoms with Gasteiger partial charge in [-0.05, 0) is 42.3 Å². The third-order valence-corrected chi connectivity index (χ3v) is 7.77. The number of aromatic nitrogens is 2. The number of halogens is 1. The Morgan fingerprint density at radius 1 is 0.969 bits per heavy atom. The maximum atomic E-state index is 13.2. The summed E-state index contributed by atoms with van der Waals surface area (Å²) in [6.07, 6.45) is 0.997. The molecule has 0 atom stereocenters. The van der Waals surface area contributed by atoms with Gasteiger partial charge in [-0.15, -0.1) is 10.2 Å². The first-order chi connectivity index (χ1) is 15.4. The summed E-state index contributed by atoms with van der Waals surface area (Å²) in [4.78, 5) is 2.12. The number of methoxy groups -OCH3 is 1. The minimum atomic E-state index is -3.72. The predicted molar refractivity (Wildman–Crippen MR) is 126 cm³/mol. The minimum Gasteiger partial charge on any atom is -0.495 e. The average Bonchev–Trinajstić information content (AvgIpc) is 2.84. The molecule has 0 radical (unpaired) electrons. The molecule has 32 heavy (non-hydrogen) atoms. The van der Waals surface area contributed by atoms with Crippen LogP contribution in [0.2, 0.25) is 5.02 Å². The maximum absolute atomic E-state index is 13.2. The Hall–Kier alpha value is -2.68. The summed E-state index contributed by atoms with van der Waals surface area (Å²) >= 11 is 6.03. The molecule has 1 aliphatic rings. The molecule has 1 aliphatic heterocycles. The Balaban J connectivity index is 1.45. The molecular formula is C23H25ClN4O3S. The van der Waals surface area contributed by atoms with Gasteiger partial charge in [-0.2, -0.15) is 4.31 Å². The third kappa shape index (κ3) is 4.57. The van der Waals surface area contributed by atoms with E-state index in [0.717, 1.165) is 23.5 Å². The molecule has 0 N–H and O–H groups in total. The van der Waals surface area contributed by atoms with Crippen LogP contribution in [-0.2, 0) is 16.4 Å². The van der Waals surface area contributed by atoms with Crippen LogP contribution in [-0.4, -0.2) is 56.2 Å². The predicted octanol–water partition coefficient (Wildman–Crippen LogP) is 3.88. The van der Waals surface area contributed by atoms with Crippen molar-refractivity contribution in [3.63, 3.8) is 0 Å². The molecule has 0 aliphatic carbocycles. The van der Waals surface area contributed by atoms with Gasteiger partial charge in [0, 0.05) is 36.8 Å². The summed E-state index contributed by atoms with van der Waals surface area (Å²) in [5.74, 6) is 1.02. The molecule has 0 spiro atoms. The highest BCUT2D eigenvalue weighted by Gasteiger charge is 2.31. The lowest BCUT2D eigenvalue weighted by molar-refractivity contribution is 0.373. The van der Waals surface area contributed by atoms with Crippen molar-refractivity contribution in [3.8, 4) is 17.0 Å². The molecule has 4 rings (SSSR count). The van der Waals surface area contributed by atoms with Gasteiger partial charge in [0.1, 0.15) is 10.6 Å². The molecule has 2 heterocycles. The van der Waals surface area contributed by atoms with Gasteiger partial charge in [0.05, 0.1) is 12.8 Å². The van der Waals surface area contributed by atoms with Crippen LogP contribution in [0.25, 0.3) is 11.3 Å². The molecule has 2 aromatic carbocycles. The number of aryl methyl sites for hydroxylation is 1. The molecule has 3 aromatic rings. The van der Waals surface area contributed by atoms with Gasteiger partial charge in [-0.1, -0.05) is 42.8 Å². The van der Waals surface area contributed by atoms with Gasteiger partial charge in [-0.25, -0.2) is 8.42 Å². The van der Waals surface area contributed by atoms with E-state index in [1.807, 2.05) is 17.0 Å². The lowest BCUT2D eigenvalue weighted by atomic mass is 10.1. The standard InChI is InChI=1S/C23H25ClN4O3S/c1-3-17-4-6-18(7-5-17)20-9-11-23(26-25-20)27-12-14-28(15-13-27)32(29,30)22-16-19(24)8-10-21(22)31-2/h4-11,16H,3,12-15H2,1-2H3. The van der Waals surface area contributed by atoms with E-state index in [1.54, 1.807) is 12.1 Å². The molecule has 9 heteroatoms. The van der Waals surface area contributed by atoms with E-state index in [1.165, 1.54) is 23.0 Å². The second kappa shape index (κ2) is 9.44. The van der Waals surface area contributed by atoms with Crippen molar-refractivity contribution in [1.29, 1.82) is 0 Å². The van der Waals surface area contributed by atoms with Gasteiger partial charge in [-0.3, -0.25) is 0 Å². The van der Waals surface area contributed by atoms with Crippen LogP contribution in [0.15, 0.2) is 59.5 Å². The van der Waals surface area contributed by atoms with Crippen molar-refractivity contribution < 1.29 is 13.2 Å². The van der Waals surface area contributed by atoms with Crippen molar-refractivity contribution in [3.05, 3.63) is 65.2 Å². The zero-order chi connectivity index (χ0) is 22.7. The number of piperazine rings is 1. The van der Waals surface area contributed by atoms with Gasteiger partial charge in [0.25, 0.3) is 0 Å². The Morgan fingerprint density at radius 3 is 2.28 bits per heavy atom. The highest BCUT2D eigenvalue weighted by atomic mass is 35.5. The van der Waals surface area contributed by atoms with Crippen molar-refractivity contribution in [2.45, 2.75) is 18.2 Å². The van der Waals surface area contributed by atoms with Gasteiger partial charge in [0.2, 0.25) is 10.0 Å². The van der Waals surface area contributed by atoms with Crippen LogP contribution >= 0.6 is 11.6 Å². The molecule has 1 saturated heterocycles. The van der Waals surface area contributed by atoms with E-state index in [2.05, 4.69) is 41.4 Å². The van der Waals surface area contributed by atoms with E-state index >= 15 is 0 Å². The third-order valence-electron chi connectivity index (χ3n) is 5.61. The van der Waals surface area contributed by atoms with Crippen molar-refractivity contribution in [2.75, 3.05) is 38.2 Å². The number of hydrogen-bond acceptors (Lipinski definition) is 6. The lowest BCUT2D eigenvalue weighted by Crippen LogP contribution is -2.49. The summed E-state index contributed by atoms with van der Waals surface area (Å²) in [7, 11) is -2.28. The lowest BCUT2D eigenvalue weighted by Gasteiger charge is -2.34.